The number of rotatable bonds is 0. The summed E-state index contributed by atoms with van der Waals surface area (Å²) in [5, 5.41) is 0. The Morgan fingerprint density at radius 2 is 1.50 bits per heavy atom. The Balaban J connectivity index is 0.000000131. The third-order valence-electron chi connectivity index (χ3n) is 2.65. The van der Waals surface area contributed by atoms with Crippen LogP contribution in [0.5, 0.6) is 0 Å². The van der Waals surface area contributed by atoms with Crippen LogP contribution in [0.25, 0.3) is 22.3 Å². The molecule has 0 aliphatic carbocycles. The van der Waals surface area contributed by atoms with E-state index in [-0.39, 0.29) is 17.3 Å². The number of imidazole rings is 2. The first-order valence-electron chi connectivity index (χ1n) is 5.92. The highest BCUT2D eigenvalue weighted by Gasteiger charge is 2.02. The first-order valence-corrected chi connectivity index (χ1v) is 5.92. The van der Waals surface area contributed by atoms with Gasteiger partial charge >= 0.3 is 5.69 Å². The largest absolute Gasteiger partial charge is 0.383 e. The predicted octanol–water partition coefficient (Wildman–Crippen LogP) is -1.54. The van der Waals surface area contributed by atoms with Crippen LogP contribution < -0.4 is 22.7 Å². The van der Waals surface area contributed by atoms with Gasteiger partial charge in [-0.05, 0) is 0 Å². The van der Waals surface area contributed by atoms with E-state index in [2.05, 4.69) is 39.9 Å². The van der Waals surface area contributed by atoms with Crippen LogP contribution in [0, 0.1) is 0 Å². The fourth-order valence-corrected chi connectivity index (χ4v) is 1.73. The van der Waals surface area contributed by atoms with E-state index in [0.717, 1.165) is 0 Å². The quantitative estimate of drug-likeness (QED) is 0.224. The van der Waals surface area contributed by atoms with Gasteiger partial charge in [-0.25, -0.2) is 14.8 Å². The minimum atomic E-state index is -0.484. The van der Waals surface area contributed by atoms with Gasteiger partial charge in [0.1, 0.15) is 11.3 Å². The lowest BCUT2D eigenvalue weighted by Gasteiger charge is -1.90. The second kappa shape index (κ2) is 5.01. The van der Waals surface area contributed by atoms with Crippen LogP contribution in [-0.4, -0.2) is 39.9 Å². The smallest absolute Gasteiger partial charge is 0.348 e. The molecule has 0 fully saturated rings. The summed E-state index contributed by atoms with van der Waals surface area (Å²) in [5.74, 6) is 0.340. The van der Waals surface area contributed by atoms with E-state index in [1.807, 2.05) is 0 Å². The van der Waals surface area contributed by atoms with Gasteiger partial charge < -0.3 is 21.4 Å². The second-order valence-corrected chi connectivity index (χ2v) is 4.11. The van der Waals surface area contributed by atoms with Gasteiger partial charge in [0.2, 0.25) is 5.95 Å². The molecule has 8 N–H and O–H groups in total. The van der Waals surface area contributed by atoms with Crippen molar-refractivity contribution in [3.8, 4) is 0 Å². The molecule has 0 aliphatic rings. The summed E-state index contributed by atoms with van der Waals surface area (Å²) in [4.78, 5) is 46.7. The van der Waals surface area contributed by atoms with Crippen molar-refractivity contribution in [2.24, 2.45) is 0 Å². The summed E-state index contributed by atoms with van der Waals surface area (Å²) in [5.41, 5.74) is 11.5. The maximum Gasteiger partial charge on any atom is 0.348 e. The fourth-order valence-electron chi connectivity index (χ4n) is 1.73. The van der Waals surface area contributed by atoms with Crippen molar-refractivity contribution in [3.63, 3.8) is 0 Å². The molecule has 0 aliphatic heterocycles. The maximum absolute atomic E-state index is 11.0. The highest BCUT2D eigenvalue weighted by atomic mass is 16.1. The van der Waals surface area contributed by atoms with Crippen LogP contribution in [0.15, 0.2) is 22.2 Å². The van der Waals surface area contributed by atoms with Gasteiger partial charge in [-0.15, -0.1) is 0 Å². The highest BCUT2D eigenvalue weighted by Crippen LogP contribution is 2.07. The van der Waals surface area contributed by atoms with E-state index < -0.39 is 5.69 Å². The summed E-state index contributed by atoms with van der Waals surface area (Å²) >= 11 is 0. The van der Waals surface area contributed by atoms with Gasteiger partial charge in [-0.3, -0.25) is 14.8 Å². The average molecular weight is 302 g/mol. The van der Waals surface area contributed by atoms with Crippen LogP contribution in [0.3, 0.4) is 0 Å². The van der Waals surface area contributed by atoms with Gasteiger partial charge in [0.05, 0.1) is 12.7 Å². The number of nitrogens with zero attached hydrogens (tertiary/aromatic N) is 4. The number of aromatic nitrogens is 8. The number of hydrogen-bond acceptors (Lipinski definition) is 8. The fraction of sp³-hybridized carbons (Fsp3) is 0. The summed E-state index contributed by atoms with van der Waals surface area (Å²) in [7, 11) is 0. The summed E-state index contributed by atoms with van der Waals surface area (Å²) < 4.78 is 0. The Kier molecular flexibility index (Phi) is 3.02. The molecule has 12 nitrogen and oxygen atoms in total. The number of hydrogen-bond donors (Lipinski definition) is 6. The molecular weight excluding hydrogens is 292 g/mol. The van der Waals surface area contributed by atoms with Crippen LogP contribution in [0.2, 0.25) is 0 Å². The molecule has 0 unspecified atom stereocenters. The van der Waals surface area contributed by atoms with Crippen molar-refractivity contribution in [3.05, 3.63) is 33.5 Å². The van der Waals surface area contributed by atoms with E-state index in [0.29, 0.717) is 22.3 Å². The van der Waals surface area contributed by atoms with Crippen molar-refractivity contribution in [2.75, 3.05) is 11.5 Å². The Morgan fingerprint density at radius 3 is 2.23 bits per heavy atom. The first kappa shape index (κ1) is 13.3. The minimum Gasteiger partial charge on any atom is -0.383 e. The van der Waals surface area contributed by atoms with Crippen molar-refractivity contribution in [2.45, 2.75) is 0 Å². The number of nitrogen functional groups attached to an aromatic ring is 2. The molecule has 0 saturated carbocycles. The zero-order valence-corrected chi connectivity index (χ0v) is 10.9. The zero-order chi connectivity index (χ0) is 15.7. The van der Waals surface area contributed by atoms with E-state index in [4.69, 9.17) is 11.5 Å². The van der Waals surface area contributed by atoms with Crippen molar-refractivity contribution in [1.29, 1.82) is 0 Å². The highest BCUT2D eigenvalue weighted by molar-refractivity contribution is 5.80. The van der Waals surface area contributed by atoms with Crippen molar-refractivity contribution < 1.29 is 0 Å². The molecule has 0 saturated heterocycles. The van der Waals surface area contributed by atoms with E-state index in [1.54, 1.807) is 0 Å². The Morgan fingerprint density at radius 1 is 0.864 bits per heavy atom. The molecule has 0 atom stereocenters. The normalized spacial score (nSPS) is 10.5. The Hall–Kier alpha value is -3.70. The molecule has 4 aromatic rings. The SMILES string of the molecule is Nc1[nH]c(=O)nc2nc[nH]c12.Nc1nc2nc[nH]c2c(=O)[nH]1. The number of anilines is 2. The minimum absolute atomic E-state index is 0.0783. The topological polar surface area (TPSA) is 201 Å². The Bertz CT molecular complexity index is 1050. The van der Waals surface area contributed by atoms with Crippen LogP contribution in [0.4, 0.5) is 11.8 Å². The standard InChI is InChI=1S/2C5H5N5O/c6-5-9-3-2(4(11)10-5)7-1-8-3;6-3-2-4(8-1-7-2)10-5(11)9-3/h2*1H,(H4,6,7,8,9,10,11). The molecule has 0 aromatic carbocycles. The van der Waals surface area contributed by atoms with Crippen LogP contribution in [-0.2, 0) is 0 Å². The van der Waals surface area contributed by atoms with Crippen molar-refractivity contribution in [1.82, 2.24) is 39.9 Å². The molecule has 0 spiro atoms. The molecule has 0 amide bonds. The van der Waals surface area contributed by atoms with Crippen LogP contribution >= 0.6 is 0 Å². The number of H-pyrrole nitrogens is 4. The third kappa shape index (κ3) is 2.35. The van der Waals surface area contributed by atoms with E-state index >= 15 is 0 Å². The van der Waals surface area contributed by atoms with Gasteiger partial charge in [-0.2, -0.15) is 9.97 Å². The van der Waals surface area contributed by atoms with Crippen molar-refractivity contribution >= 4 is 34.1 Å². The summed E-state index contributed by atoms with van der Waals surface area (Å²) in [6, 6.07) is 0. The number of nitrogens with two attached hydrogens (primary N) is 2. The molecule has 0 radical (unpaired) electrons. The van der Waals surface area contributed by atoms with Crippen LogP contribution in [0.1, 0.15) is 0 Å². The summed E-state index contributed by atoms with van der Waals surface area (Å²) in [6.45, 7) is 0. The molecule has 12 heteroatoms. The zero-order valence-electron chi connectivity index (χ0n) is 10.9. The number of nitrogens with one attached hydrogen (secondary N) is 4. The van der Waals surface area contributed by atoms with Gasteiger partial charge in [0.25, 0.3) is 5.56 Å². The molecule has 22 heavy (non-hydrogen) atoms. The lowest BCUT2D eigenvalue weighted by atomic mass is 10.5. The number of aromatic amines is 4. The number of fused-ring (bicyclic) bond motifs is 2. The second-order valence-electron chi connectivity index (χ2n) is 4.11. The summed E-state index contributed by atoms with van der Waals surface area (Å²) in [6.07, 6.45) is 2.83. The lowest BCUT2D eigenvalue weighted by Crippen LogP contribution is -2.12. The molecule has 4 aromatic heterocycles. The molecule has 4 rings (SSSR count). The van der Waals surface area contributed by atoms with Gasteiger partial charge in [0, 0.05) is 0 Å². The van der Waals surface area contributed by atoms with Gasteiger partial charge in [-0.1, -0.05) is 0 Å². The monoisotopic (exact) mass is 302 g/mol. The molecular formula is C10H10N10O2. The van der Waals surface area contributed by atoms with E-state index in [1.165, 1.54) is 12.7 Å². The Labute approximate surface area is 120 Å². The molecule has 112 valence electrons. The first-order chi connectivity index (χ1) is 10.5. The lowest BCUT2D eigenvalue weighted by molar-refractivity contribution is 1.11. The van der Waals surface area contributed by atoms with E-state index in [9.17, 15) is 9.59 Å². The molecule has 4 heterocycles. The average Bonchev–Trinajstić information content (AvgIpc) is 3.07. The predicted molar refractivity (Wildman–Crippen MR) is 77.8 cm³/mol. The van der Waals surface area contributed by atoms with Gasteiger partial charge in [0.15, 0.2) is 16.8 Å². The third-order valence-corrected chi connectivity index (χ3v) is 2.65. The molecule has 0 bridgehead atoms. The maximum atomic E-state index is 11.0.